The third-order valence-corrected chi connectivity index (χ3v) is 5.65. The van der Waals surface area contributed by atoms with E-state index < -0.39 is 5.97 Å². The highest BCUT2D eigenvalue weighted by atomic mass is 16.4. The lowest BCUT2D eigenvalue weighted by molar-refractivity contribution is -0.137. The third-order valence-electron chi connectivity index (χ3n) is 5.65. The summed E-state index contributed by atoms with van der Waals surface area (Å²) in [4.78, 5) is 10.4. The van der Waals surface area contributed by atoms with Crippen molar-refractivity contribution in [3.63, 3.8) is 0 Å². The number of unbranched alkanes of at least 4 members (excludes halogenated alkanes) is 19. The van der Waals surface area contributed by atoms with Crippen molar-refractivity contribution in [3.8, 4) is 0 Å². The second-order valence-electron chi connectivity index (χ2n) is 8.56. The lowest BCUT2D eigenvalue weighted by Gasteiger charge is -2.03. The van der Waals surface area contributed by atoms with Crippen LogP contribution in [0.3, 0.4) is 0 Å². The minimum absolute atomic E-state index is 0.343. The summed E-state index contributed by atoms with van der Waals surface area (Å²) in [5.41, 5.74) is 0. The Morgan fingerprint density at radius 3 is 1.21 bits per heavy atom. The molecule has 0 rings (SSSR count). The van der Waals surface area contributed by atoms with Gasteiger partial charge in [0.05, 0.1) is 0 Å². The Hall–Kier alpha value is -0.790. The van der Waals surface area contributed by atoms with Crippen LogP contribution in [-0.4, -0.2) is 11.1 Å². The Kier molecular flexibility index (Phi) is 23.6. The highest BCUT2D eigenvalue weighted by Gasteiger charge is 1.97. The molecular formula is C26H50O2. The number of hydrogen-bond acceptors (Lipinski definition) is 1. The highest BCUT2D eigenvalue weighted by molar-refractivity contribution is 5.66. The predicted molar refractivity (Wildman–Crippen MR) is 124 cm³/mol. The number of carboxylic acid groups (broad SMARTS) is 1. The second kappa shape index (κ2) is 24.2. The van der Waals surface area contributed by atoms with Crippen molar-refractivity contribution in [2.24, 2.45) is 0 Å². The van der Waals surface area contributed by atoms with E-state index in [2.05, 4.69) is 19.1 Å². The fraction of sp³-hybridized carbons (Fsp3) is 0.885. The van der Waals surface area contributed by atoms with Crippen molar-refractivity contribution < 1.29 is 9.90 Å². The molecule has 2 heteroatoms. The standard InChI is InChI=1S/C26H50O2/c1-2-3-4-5-6-7-8-9-10-11-12-13-14-15-16-17-18-19-20-21-22-23-24-25-26(27)28/h9-10H,2-8,11-25H2,1H3,(H,27,28)/b10-9-. The molecule has 0 aliphatic heterocycles. The molecule has 0 aromatic heterocycles. The second-order valence-corrected chi connectivity index (χ2v) is 8.56. The lowest BCUT2D eigenvalue weighted by Crippen LogP contribution is -1.93. The lowest BCUT2D eigenvalue weighted by atomic mass is 10.0. The number of hydrogen-bond donors (Lipinski definition) is 1. The first kappa shape index (κ1) is 27.2. The first-order valence-electron chi connectivity index (χ1n) is 12.6. The fourth-order valence-corrected chi connectivity index (χ4v) is 3.76. The minimum Gasteiger partial charge on any atom is -0.481 e. The highest BCUT2D eigenvalue weighted by Crippen LogP contribution is 2.14. The van der Waals surface area contributed by atoms with Crippen LogP contribution in [0.4, 0.5) is 0 Å². The van der Waals surface area contributed by atoms with E-state index >= 15 is 0 Å². The molecule has 0 heterocycles. The van der Waals surface area contributed by atoms with Crippen LogP contribution >= 0.6 is 0 Å². The van der Waals surface area contributed by atoms with Crippen molar-refractivity contribution in [1.82, 2.24) is 0 Å². The van der Waals surface area contributed by atoms with Gasteiger partial charge < -0.3 is 5.11 Å². The van der Waals surface area contributed by atoms with Gasteiger partial charge in [-0.1, -0.05) is 122 Å². The Morgan fingerprint density at radius 1 is 0.536 bits per heavy atom. The van der Waals surface area contributed by atoms with Crippen molar-refractivity contribution in [2.45, 2.75) is 148 Å². The molecule has 1 N–H and O–H groups in total. The molecule has 0 aromatic rings. The number of aliphatic carboxylic acids is 1. The molecule has 0 saturated carbocycles. The molecular weight excluding hydrogens is 344 g/mol. The van der Waals surface area contributed by atoms with E-state index in [0.717, 1.165) is 12.8 Å². The first-order chi connectivity index (χ1) is 13.8. The van der Waals surface area contributed by atoms with E-state index in [1.165, 1.54) is 122 Å². The van der Waals surface area contributed by atoms with Gasteiger partial charge in [0, 0.05) is 6.42 Å². The molecule has 0 unspecified atom stereocenters. The van der Waals surface area contributed by atoms with Crippen LogP contribution in [0.5, 0.6) is 0 Å². The summed E-state index contributed by atoms with van der Waals surface area (Å²) in [7, 11) is 0. The van der Waals surface area contributed by atoms with Crippen LogP contribution in [0.25, 0.3) is 0 Å². The SMILES string of the molecule is CCCCCCCC/C=C\CCCCCCCCCCCCCCCC(=O)O. The van der Waals surface area contributed by atoms with Gasteiger partial charge in [0.2, 0.25) is 0 Å². The molecule has 166 valence electrons. The minimum atomic E-state index is -0.653. The first-order valence-corrected chi connectivity index (χ1v) is 12.6. The third kappa shape index (κ3) is 25.2. The zero-order valence-electron chi connectivity index (χ0n) is 19.1. The average molecular weight is 395 g/mol. The Bertz CT molecular complexity index is 335. The Labute approximate surface area is 176 Å². The van der Waals surface area contributed by atoms with E-state index in [4.69, 9.17) is 5.11 Å². The maximum atomic E-state index is 10.4. The van der Waals surface area contributed by atoms with Gasteiger partial charge in [-0.25, -0.2) is 0 Å². The average Bonchev–Trinajstić information content (AvgIpc) is 2.68. The van der Waals surface area contributed by atoms with Crippen LogP contribution in [-0.2, 0) is 4.79 Å². The van der Waals surface area contributed by atoms with Crippen molar-refractivity contribution in [2.75, 3.05) is 0 Å². The molecule has 28 heavy (non-hydrogen) atoms. The van der Waals surface area contributed by atoms with Gasteiger partial charge in [0.1, 0.15) is 0 Å². The maximum absolute atomic E-state index is 10.4. The molecule has 2 nitrogen and oxygen atoms in total. The zero-order valence-corrected chi connectivity index (χ0v) is 19.1. The molecule has 0 atom stereocenters. The topological polar surface area (TPSA) is 37.3 Å². The zero-order chi connectivity index (χ0) is 20.5. The predicted octanol–water partition coefficient (Wildman–Crippen LogP) is 9.23. The van der Waals surface area contributed by atoms with Gasteiger partial charge in [0.15, 0.2) is 0 Å². The van der Waals surface area contributed by atoms with Crippen LogP contribution < -0.4 is 0 Å². The molecule has 0 saturated heterocycles. The Balaban J connectivity index is 3.06. The van der Waals surface area contributed by atoms with Crippen molar-refractivity contribution in [1.29, 1.82) is 0 Å². The van der Waals surface area contributed by atoms with E-state index in [0.29, 0.717) is 6.42 Å². The van der Waals surface area contributed by atoms with E-state index in [9.17, 15) is 4.79 Å². The largest absolute Gasteiger partial charge is 0.481 e. The van der Waals surface area contributed by atoms with Crippen molar-refractivity contribution in [3.05, 3.63) is 12.2 Å². The maximum Gasteiger partial charge on any atom is 0.303 e. The normalized spacial score (nSPS) is 11.5. The molecule has 0 bridgehead atoms. The van der Waals surface area contributed by atoms with Crippen LogP contribution in [0.1, 0.15) is 148 Å². The summed E-state index contributed by atoms with van der Waals surface area (Å²) >= 11 is 0. The molecule has 0 aliphatic rings. The van der Waals surface area contributed by atoms with Gasteiger partial charge in [0.25, 0.3) is 0 Å². The Morgan fingerprint density at radius 2 is 0.857 bits per heavy atom. The summed E-state index contributed by atoms with van der Waals surface area (Å²) in [5, 5.41) is 8.58. The van der Waals surface area contributed by atoms with Crippen LogP contribution in [0.15, 0.2) is 12.2 Å². The van der Waals surface area contributed by atoms with Crippen molar-refractivity contribution >= 4 is 5.97 Å². The molecule has 0 aliphatic carbocycles. The van der Waals surface area contributed by atoms with Gasteiger partial charge in [-0.3, -0.25) is 4.79 Å². The van der Waals surface area contributed by atoms with Crippen LogP contribution in [0.2, 0.25) is 0 Å². The number of allylic oxidation sites excluding steroid dienone is 2. The molecule has 0 aromatic carbocycles. The van der Waals surface area contributed by atoms with Gasteiger partial charge in [-0.05, 0) is 32.1 Å². The number of rotatable bonds is 23. The molecule has 0 spiro atoms. The number of carboxylic acids is 1. The fourth-order valence-electron chi connectivity index (χ4n) is 3.76. The van der Waals surface area contributed by atoms with E-state index in [1.54, 1.807) is 0 Å². The molecule has 0 radical (unpaired) electrons. The van der Waals surface area contributed by atoms with Gasteiger partial charge in [-0.15, -0.1) is 0 Å². The number of carbonyl (C=O) groups is 1. The van der Waals surface area contributed by atoms with Gasteiger partial charge >= 0.3 is 5.97 Å². The summed E-state index contributed by atoms with van der Waals surface area (Å²) in [6, 6.07) is 0. The summed E-state index contributed by atoms with van der Waals surface area (Å²) in [6.45, 7) is 2.28. The van der Waals surface area contributed by atoms with E-state index in [1.807, 2.05) is 0 Å². The van der Waals surface area contributed by atoms with Crippen LogP contribution in [0, 0.1) is 0 Å². The van der Waals surface area contributed by atoms with Gasteiger partial charge in [-0.2, -0.15) is 0 Å². The quantitative estimate of drug-likeness (QED) is 0.138. The summed E-state index contributed by atoms with van der Waals surface area (Å²) in [5.74, 6) is -0.653. The van der Waals surface area contributed by atoms with E-state index in [-0.39, 0.29) is 0 Å². The smallest absolute Gasteiger partial charge is 0.303 e. The molecule has 0 fully saturated rings. The summed E-state index contributed by atoms with van der Waals surface area (Å²) in [6.07, 6.45) is 33.0. The molecule has 0 amide bonds. The summed E-state index contributed by atoms with van der Waals surface area (Å²) < 4.78 is 0. The monoisotopic (exact) mass is 394 g/mol.